The number of benzene rings is 1. The summed E-state index contributed by atoms with van der Waals surface area (Å²) in [5.41, 5.74) is 1.80. The number of anilines is 1. The third-order valence-electron chi connectivity index (χ3n) is 2.77. The number of carbonyl (C=O) groups excluding carboxylic acids is 1. The smallest absolute Gasteiger partial charge is 0.257 e. The molecule has 0 radical (unpaired) electrons. The molecule has 0 aliphatic rings. The Bertz CT molecular complexity index is 610. The highest BCUT2D eigenvalue weighted by atomic mass is 32.2. The molecule has 1 aromatic heterocycles. The van der Waals surface area contributed by atoms with Gasteiger partial charge in [0.25, 0.3) is 5.91 Å². The van der Waals surface area contributed by atoms with Crippen molar-refractivity contribution < 1.29 is 4.79 Å². The molecule has 6 heteroatoms. The van der Waals surface area contributed by atoms with Gasteiger partial charge in [-0.05, 0) is 29.9 Å². The van der Waals surface area contributed by atoms with Crippen molar-refractivity contribution in [1.82, 2.24) is 10.2 Å². The number of nitrogens with zero attached hydrogens (tertiary/aromatic N) is 2. The van der Waals surface area contributed by atoms with E-state index in [1.54, 1.807) is 11.8 Å². The fourth-order valence-corrected chi connectivity index (χ4v) is 3.33. The van der Waals surface area contributed by atoms with Crippen LogP contribution >= 0.6 is 23.1 Å². The summed E-state index contributed by atoms with van der Waals surface area (Å²) in [6, 6.07) is 7.67. The molecule has 1 aromatic carbocycles. The molecule has 0 spiro atoms. The fourth-order valence-electron chi connectivity index (χ4n) is 1.87. The van der Waals surface area contributed by atoms with Crippen LogP contribution in [-0.2, 0) is 12.2 Å². The average molecular weight is 321 g/mol. The van der Waals surface area contributed by atoms with Crippen LogP contribution in [0, 0.1) is 5.92 Å². The summed E-state index contributed by atoms with van der Waals surface area (Å²) in [5, 5.41) is 12.5. The van der Waals surface area contributed by atoms with E-state index in [1.165, 1.54) is 11.3 Å². The van der Waals surface area contributed by atoms with E-state index in [0.29, 0.717) is 16.6 Å². The molecule has 21 heavy (non-hydrogen) atoms. The van der Waals surface area contributed by atoms with Gasteiger partial charge in [-0.1, -0.05) is 37.3 Å². The summed E-state index contributed by atoms with van der Waals surface area (Å²) in [7, 11) is 0. The van der Waals surface area contributed by atoms with Crippen molar-refractivity contribution in [1.29, 1.82) is 0 Å². The first-order valence-corrected chi connectivity index (χ1v) is 9.01. The Morgan fingerprint density at radius 2 is 2.19 bits per heavy atom. The minimum atomic E-state index is -0.134. The monoisotopic (exact) mass is 321 g/mol. The van der Waals surface area contributed by atoms with Crippen molar-refractivity contribution in [3.05, 3.63) is 40.4 Å². The Kier molecular flexibility index (Phi) is 5.76. The lowest BCUT2D eigenvalue weighted by Gasteiger charge is -2.04. The number of nitrogens with one attached hydrogen (secondary N) is 1. The molecular formula is C15H19N3OS2. The number of carbonyl (C=O) groups is 1. The molecule has 0 aliphatic carbocycles. The van der Waals surface area contributed by atoms with Gasteiger partial charge >= 0.3 is 0 Å². The van der Waals surface area contributed by atoms with Gasteiger partial charge in [0.1, 0.15) is 5.01 Å². The second-order valence-electron chi connectivity index (χ2n) is 5.19. The summed E-state index contributed by atoms with van der Waals surface area (Å²) in [6.07, 6.45) is 2.93. The second-order valence-corrected chi connectivity index (χ2v) is 7.11. The zero-order valence-electron chi connectivity index (χ0n) is 12.4. The molecule has 2 rings (SSSR count). The Morgan fingerprint density at radius 1 is 1.38 bits per heavy atom. The predicted octanol–water partition coefficient (Wildman–Crippen LogP) is 3.85. The standard InChI is InChI=1S/C15H19N3OS2/c1-10(2)7-13-17-18-15(21-13)16-14(19)12-6-4-5-11(8-12)9-20-3/h4-6,8,10H,7,9H2,1-3H3,(H,16,18,19). The van der Waals surface area contributed by atoms with Crippen LogP contribution in [0.4, 0.5) is 5.13 Å². The third-order valence-corrected chi connectivity index (χ3v) is 4.25. The van der Waals surface area contributed by atoms with Crippen molar-refractivity contribution in [2.45, 2.75) is 26.0 Å². The van der Waals surface area contributed by atoms with E-state index in [4.69, 9.17) is 0 Å². The highest BCUT2D eigenvalue weighted by Crippen LogP contribution is 2.19. The van der Waals surface area contributed by atoms with Gasteiger partial charge in [0.2, 0.25) is 5.13 Å². The van der Waals surface area contributed by atoms with Crippen LogP contribution in [0.2, 0.25) is 0 Å². The molecule has 1 N–H and O–H groups in total. The largest absolute Gasteiger partial charge is 0.296 e. The number of hydrogen-bond donors (Lipinski definition) is 1. The van der Waals surface area contributed by atoms with Gasteiger partial charge in [-0.15, -0.1) is 10.2 Å². The van der Waals surface area contributed by atoms with E-state index < -0.39 is 0 Å². The van der Waals surface area contributed by atoms with Gasteiger partial charge in [-0.2, -0.15) is 11.8 Å². The van der Waals surface area contributed by atoms with Crippen molar-refractivity contribution in [2.75, 3.05) is 11.6 Å². The Morgan fingerprint density at radius 3 is 2.90 bits per heavy atom. The van der Waals surface area contributed by atoms with Gasteiger partial charge < -0.3 is 0 Å². The number of rotatable bonds is 6. The van der Waals surface area contributed by atoms with E-state index in [0.717, 1.165) is 22.7 Å². The van der Waals surface area contributed by atoms with Crippen LogP contribution in [-0.4, -0.2) is 22.4 Å². The number of hydrogen-bond acceptors (Lipinski definition) is 5. The van der Waals surface area contributed by atoms with E-state index in [1.807, 2.05) is 30.5 Å². The van der Waals surface area contributed by atoms with Crippen LogP contribution < -0.4 is 5.32 Å². The van der Waals surface area contributed by atoms with E-state index in [-0.39, 0.29) is 5.91 Å². The lowest BCUT2D eigenvalue weighted by Crippen LogP contribution is -2.11. The Hall–Kier alpha value is -1.40. The average Bonchev–Trinajstić information content (AvgIpc) is 2.86. The Balaban J connectivity index is 2.03. The summed E-state index contributed by atoms with van der Waals surface area (Å²) < 4.78 is 0. The number of thioether (sulfide) groups is 1. The summed E-state index contributed by atoms with van der Waals surface area (Å²) in [5.74, 6) is 1.30. The minimum Gasteiger partial charge on any atom is -0.296 e. The maximum absolute atomic E-state index is 12.2. The number of aromatic nitrogens is 2. The Labute approximate surface area is 133 Å². The highest BCUT2D eigenvalue weighted by Gasteiger charge is 2.11. The summed E-state index contributed by atoms with van der Waals surface area (Å²) in [6.45, 7) is 4.27. The minimum absolute atomic E-state index is 0.134. The van der Waals surface area contributed by atoms with Crippen molar-refractivity contribution in [2.24, 2.45) is 5.92 Å². The SMILES string of the molecule is CSCc1cccc(C(=O)Nc2nnc(CC(C)C)s2)c1. The lowest BCUT2D eigenvalue weighted by molar-refractivity contribution is 0.102. The molecule has 0 bridgehead atoms. The van der Waals surface area contributed by atoms with Crippen LogP contribution in [0.1, 0.15) is 34.8 Å². The van der Waals surface area contributed by atoms with Crippen LogP contribution in [0.25, 0.3) is 0 Å². The molecule has 0 aliphatic heterocycles. The predicted molar refractivity (Wildman–Crippen MR) is 90.1 cm³/mol. The van der Waals surface area contributed by atoms with Crippen LogP contribution in [0.5, 0.6) is 0 Å². The maximum atomic E-state index is 12.2. The fraction of sp³-hybridized carbons (Fsp3) is 0.400. The molecule has 0 unspecified atom stereocenters. The van der Waals surface area contributed by atoms with E-state index in [2.05, 4.69) is 29.4 Å². The first-order valence-electron chi connectivity index (χ1n) is 6.80. The molecular weight excluding hydrogens is 302 g/mol. The molecule has 0 saturated heterocycles. The topological polar surface area (TPSA) is 54.9 Å². The van der Waals surface area contributed by atoms with Gasteiger partial charge in [-0.25, -0.2) is 0 Å². The molecule has 0 atom stereocenters. The molecule has 2 aromatic rings. The molecule has 1 amide bonds. The van der Waals surface area contributed by atoms with Crippen molar-refractivity contribution >= 4 is 34.1 Å². The van der Waals surface area contributed by atoms with E-state index in [9.17, 15) is 4.79 Å². The second kappa shape index (κ2) is 7.56. The van der Waals surface area contributed by atoms with E-state index >= 15 is 0 Å². The quantitative estimate of drug-likeness (QED) is 0.878. The summed E-state index contributed by atoms with van der Waals surface area (Å²) >= 11 is 3.18. The van der Waals surface area contributed by atoms with Crippen molar-refractivity contribution in [3.63, 3.8) is 0 Å². The molecule has 0 saturated carbocycles. The first-order chi connectivity index (χ1) is 10.1. The highest BCUT2D eigenvalue weighted by molar-refractivity contribution is 7.97. The van der Waals surface area contributed by atoms with Gasteiger partial charge in [-0.3, -0.25) is 10.1 Å². The van der Waals surface area contributed by atoms with Crippen LogP contribution in [0.15, 0.2) is 24.3 Å². The third kappa shape index (κ3) is 4.82. The first kappa shape index (κ1) is 16.0. The lowest BCUT2D eigenvalue weighted by atomic mass is 10.1. The number of amides is 1. The molecule has 112 valence electrons. The van der Waals surface area contributed by atoms with Crippen LogP contribution in [0.3, 0.4) is 0 Å². The molecule has 4 nitrogen and oxygen atoms in total. The zero-order chi connectivity index (χ0) is 15.2. The van der Waals surface area contributed by atoms with Gasteiger partial charge in [0.05, 0.1) is 0 Å². The zero-order valence-corrected chi connectivity index (χ0v) is 14.1. The van der Waals surface area contributed by atoms with Gasteiger partial charge in [0, 0.05) is 17.7 Å². The van der Waals surface area contributed by atoms with Crippen molar-refractivity contribution in [3.8, 4) is 0 Å². The normalized spacial score (nSPS) is 10.9. The molecule has 0 fully saturated rings. The maximum Gasteiger partial charge on any atom is 0.257 e. The molecule has 1 heterocycles. The summed E-state index contributed by atoms with van der Waals surface area (Å²) in [4.78, 5) is 12.2. The van der Waals surface area contributed by atoms with Gasteiger partial charge in [0.15, 0.2) is 0 Å².